The third kappa shape index (κ3) is 2.76. The Kier molecular flexibility index (Phi) is 3.86. The van der Waals surface area contributed by atoms with E-state index in [1.165, 1.54) is 26.2 Å². The molecule has 2 aromatic carbocycles. The van der Waals surface area contributed by atoms with Crippen LogP contribution in [0.1, 0.15) is 17.3 Å². The Labute approximate surface area is 115 Å². The highest BCUT2D eigenvalue weighted by atomic mass is 35.5. The number of methoxy groups -OCH3 is 1. The Bertz CT molecular complexity index is 638. The molecule has 2 aromatic rings. The molecule has 0 bridgehead atoms. The van der Waals surface area contributed by atoms with Crippen LogP contribution in [0, 0.1) is 5.82 Å². The van der Waals surface area contributed by atoms with Crippen molar-refractivity contribution in [2.45, 2.75) is 6.92 Å². The van der Waals surface area contributed by atoms with Crippen LogP contribution in [0.2, 0.25) is 5.02 Å². The van der Waals surface area contributed by atoms with Crippen molar-refractivity contribution in [2.24, 2.45) is 0 Å². The van der Waals surface area contributed by atoms with Crippen LogP contribution in [-0.2, 0) is 0 Å². The number of ether oxygens (including phenoxy) is 1. The molecule has 0 saturated heterocycles. The minimum absolute atomic E-state index is 0.109. The first-order valence-electron chi connectivity index (χ1n) is 5.67. The molecule has 0 aliphatic carbocycles. The van der Waals surface area contributed by atoms with Gasteiger partial charge in [0, 0.05) is 11.1 Å². The molecule has 0 N–H and O–H groups in total. The lowest BCUT2D eigenvalue weighted by Gasteiger charge is -2.10. The molecule has 2 nitrogen and oxygen atoms in total. The lowest BCUT2D eigenvalue weighted by atomic mass is 10.0. The lowest BCUT2D eigenvalue weighted by Crippen LogP contribution is -1.94. The zero-order chi connectivity index (χ0) is 14.0. The average Bonchev–Trinajstić information content (AvgIpc) is 2.38. The van der Waals surface area contributed by atoms with Crippen LogP contribution >= 0.6 is 11.6 Å². The van der Waals surface area contributed by atoms with E-state index in [4.69, 9.17) is 16.3 Å². The van der Waals surface area contributed by atoms with Gasteiger partial charge in [0.15, 0.2) is 5.78 Å². The molecule has 0 fully saturated rings. The summed E-state index contributed by atoms with van der Waals surface area (Å²) in [5.74, 6) is 0.0818. The molecular formula is C15H12ClFO2. The third-order valence-electron chi connectivity index (χ3n) is 2.82. The predicted molar refractivity (Wildman–Crippen MR) is 73.4 cm³/mol. The van der Waals surface area contributed by atoms with E-state index in [0.29, 0.717) is 27.5 Å². The first kappa shape index (κ1) is 13.6. The summed E-state index contributed by atoms with van der Waals surface area (Å²) in [5, 5.41) is 0.344. The van der Waals surface area contributed by atoms with Gasteiger partial charge >= 0.3 is 0 Å². The molecule has 0 aromatic heterocycles. The van der Waals surface area contributed by atoms with E-state index in [2.05, 4.69) is 0 Å². The molecule has 2 rings (SSSR count). The number of halogens is 2. The van der Waals surface area contributed by atoms with Gasteiger partial charge in [-0.05, 0) is 42.8 Å². The van der Waals surface area contributed by atoms with E-state index in [1.807, 2.05) is 0 Å². The van der Waals surface area contributed by atoms with E-state index in [-0.39, 0.29) is 11.6 Å². The molecule has 0 heterocycles. The number of rotatable bonds is 3. The van der Waals surface area contributed by atoms with Crippen molar-refractivity contribution < 1.29 is 13.9 Å². The summed E-state index contributed by atoms with van der Waals surface area (Å²) < 4.78 is 18.5. The van der Waals surface area contributed by atoms with Crippen molar-refractivity contribution in [3.63, 3.8) is 0 Å². The Morgan fingerprint density at radius 1 is 1.21 bits per heavy atom. The third-order valence-corrected chi connectivity index (χ3v) is 3.13. The maximum Gasteiger partial charge on any atom is 0.161 e. The van der Waals surface area contributed by atoms with Gasteiger partial charge in [-0.15, -0.1) is 0 Å². The van der Waals surface area contributed by atoms with E-state index in [9.17, 15) is 9.18 Å². The fourth-order valence-electron chi connectivity index (χ4n) is 1.87. The van der Waals surface area contributed by atoms with E-state index < -0.39 is 0 Å². The van der Waals surface area contributed by atoms with Gasteiger partial charge < -0.3 is 4.74 Å². The fraction of sp³-hybridized carbons (Fsp3) is 0.133. The van der Waals surface area contributed by atoms with Crippen LogP contribution in [0.25, 0.3) is 11.1 Å². The summed E-state index contributed by atoms with van der Waals surface area (Å²) in [7, 11) is 1.52. The Morgan fingerprint density at radius 2 is 1.95 bits per heavy atom. The average molecular weight is 279 g/mol. The van der Waals surface area contributed by atoms with Crippen molar-refractivity contribution in [1.82, 2.24) is 0 Å². The summed E-state index contributed by atoms with van der Waals surface area (Å²) in [4.78, 5) is 11.3. The number of carbonyl (C=O) groups excluding carboxylic acids is 1. The maximum atomic E-state index is 13.3. The highest BCUT2D eigenvalue weighted by Gasteiger charge is 2.11. The molecule has 0 radical (unpaired) electrons. The molecule has 0 atom stereocenters. The van der Waals surface area contributed by atoms with Gasteiger partial charge in [0.2, 0.25) is 0 Å². The van der Waals surface area contributed by atoms with Gasteiger partial charge in [0.1, 0.15) is 11.6 Å². The highest BCUT2D eigenvalue weighted by molar-refractivity contribution is 6.34. The van der Waals surface area contributed by atoms with Crippen LogP contribution in [0.5, 0.6) is 5.75 Å². The largest absolute Gasteiger partial charge is 0.496 e. The highest BCUT2D eigenvalue weighted by Crippen LogP contribution is 2.33. The minimum atomic E-state index is -0.359. The fourth-order valence-corrected chi connectivity index (χ4v) is 2.19. The zero-order valence-corrected chi connectivity index (χ0v) is 11.3. The Morgan fingerprint density at radius 3 is 2.53 bits per heavy atom. The van der Waals surface area contributed by atoms with Crippen LogP contribution in [0.15, 0.2) is 36.4 Å². The molecule has 19 heavy (non-hydrogen) atoms. The number of ketones is 1. The van der Waals surface area contributed by atoms with Crippen molar-refractivity contribution >= 4 is 17.4 Å². The van der Waals surface area contributed by atoms with Gasteiger partial charge in [-0.1, -0.05) is 17.7 Å². The van der Waals surface area contributed by atoms with Crippen LogP contribution in [0.4, 0.5) is 4.39 Å². The quantitative estimate of drug-likeness (QED) is 0.780. The summed E-state index contributed by atoms with van der Waals surface area (Å²) in [5.41, 5.74) is 1.74. The summed E-state index contributed by atoms with van der Waals surface area (Å²) in [6, 6.07) is 9.24. The van der Waals surface area contributed by atoms with Gasteiger partial charge in [-0.2, -0.15) is 0 Å². The zero-order valence-electron chi connectivity index (χ0n) is 10.5. The summed E-state index contributed by atoms with van der Waals surface area (Å²) in [6.45, 7) is 1.45. The predicted octanol–water partition coefficient (Wildman–Crippen LogP) is 4.36. The van der Waals surface area contributed by atoms with Crippen molar-refractivity contribution in [3.05, 3.63) is 52.8 Å². The van der Waals surface area contributed by atoms with Crippen molar-refractivity contribution in [2.75, 3.05) is 7.11 Å². The number of hydrogen-bond acceptors (Lipinski definition) is 2. The van der Waals surface area contributed by atoms with Crippen molar-refractivity contribution in [3.8, 4) is 16.9 Å². The molecule has 0 aliphatic rings. The molecule has 4 heteroatoms. The maximum absolute atomic E-state index is 13.3. The first-order valence-corrected chi connectivity index (χ1v) is 6.05. The molecule has 0 spiro atoms. The second-order valence-corrected chi connectivity index (χ2v) is 4.50. The number of carbonyl (C=O) groups is 1. The topological polar surface area (TPSA) is 26.3 Å². The second-order valence-electron chi connectivity index (χ2n) is 4.10. The second kappa shape index (κ2) is 5.41. The summed E-state index contributed by atoms with van der Waals surface area (Å²) >= 11 is 6.05. The Balaban J connectivity index is 2.56. The normalized spacial score (nSPS) is 10.3. The smallest absolute Gasteiger partial charge is 0.161 e. The lowest BCUT2D eigenvalue weighted by molar-refractivity contribution is 0.101. The van der Waals surface area contributed by atoms with Gasteiger partial charge in [0.05, 0.1) is 12.1 Å². The number of Topliss-reactive ketones (excluding diaryl/α,β-unsaturated/α-hetero) is 1. The van der Waals surface area contributed by atoms with E-state index in [0.717, 1.165) is 0 Å². The van der Waals surface area contributed by atoms with Crippen molar-refractivity contribution in [1.29, 1.82) is 0 Å². The van der Waals surface area contributed by atoms with Gasteiger partial charge in [-0.25, -0.2) is 4.39 Å². The molecular weight excluding hydrogens is 267 g/mol. The molecule has 0 saturated carbocycles. The van der Waals surface area contributed by atoms with E-state index >= 15 is 0 Å². The van der Waals surface area contributed by atoms with Crippen LogP contribution in [-0.4, -0.2) is 12.9 Å². The Hall–Kier alpha value is -1.87. The molecule has 0 amide bonds. The number of hydrogen-bond donors (Lipinski definition) is 0. The standard InChI is InChI=1S/C15H12ClFO2/c1-9(18)12-5-3-10(7-14(12)16)13-8-11(17)4-6-15(13)19-2/h3-8H,1-2H3. The monoisotopic (exact) mass is 278 g/mol. The van der Waals surface area contributed by atoms with Gasteiger partial charge in [-0.3, -0.25) is 4.79 Å². The number of benzene rings is 2. The van der Waals surface area contributed by atoms with E-state index in [1.54, 1.807) is 24.3 Å². The van der Waals surface area contributed by atoms with Crippen LogP contribution in [0.3, 0.4) is 0 Å². The molecule has 98 valence electrons. The first-order chi connectivity index (χ1) is 9.02. The molecule has 0 unspecified atom stereocenters. The van der Waals surface area contributed by atoms with Crippen LogP contribution < -0.4 is 4.74 Å². The summed E-state index contributed by atoms with van der Waals surface area (Å²) in [6.07, 6.45) is 0. The van der Waals surface area contributed by atoms with Gasteiger partial charge in [0.25, 0.3) is 0 Å². The SMILES string of the molecule is COc1ccc(F)cc1-c1ccc(C(C)=O)c(Cl)c1. The molecule has 0 aliphatic heterocycles. The minimum Gasteiger partial charge on any atom is -0.496 e.